The predicted molar refractivity (Wildman–Crippen MR) is 106 cm³/mol. The molecule has 2 aromatic carbocycles. The third-order valence-electron chi connectivity index (χ3n) is 3.74. The molecule has 0 fully saturated rings. The van der Waals surface area contributed by atoms with Crippen molar-refractivity contribution >= 4 is 40.6 Å². The number of aromatic nitrogens is 1. The van der Waals surface area contributed by atoms with Gasteiger partial charge in [0.15, 0.2) is 11.5 Å². The summed E-state index contributed by atoms with van der Waals surface area (Å²) in [6.07, 6.45) is 3.62. The lowest BCUT2D eigenvalue weighted by Crippen LogP contribution is -2.05. The van der Waals surface area contributed by atoms with Crippen LogP contribution in [0.25, 0.3) is 23.1 Å². The highest BCUT2D eigenvalue weighted by Crippen LogP contribution is 2.37. The Morgan fingerprint density at radius 2 is 2.04 bits per heavy atom. The van der Waals surface area contributed by atoms with Gasteiger partial charge in [0.1, 0.15) is 11.3 Å². The van der Waals surface area contributed by atoms with E-state index >= 15 is 0 Å². The molecule has 0 aliphatic heterocycles. The van der Waals surface area contributed by atoms with E-state index < -0.39 is 5.97 Å². The molecule has 1 aromatic heterocycles. The lowest BCUT2D eigenvalue weighted by Gasteiger charge is -2.12. The van der Waals surface area contributed by atoms with E-state index in [4.69, 9.17) is 21.1 Å². The maximum atomic E-state index is 11.3. The zero-order chi connectivity index (χ0) is 19.4. The molecular formula is C21H18ClNO4. The number of hydrogen-bond donors (Lipinski definition) is 1. The first-order valence-corrected chi connectivity index (χ1v) is 8.77. The number of esters is 1. The number of phenols is 1. The van der Waals surface area contributed by atoms with Crippen molar-refractivity contribution in [3.05, 3.63) is 58.7 Å². The minimum atomic E-state index is -0.471. The SMILES string of the molecule is CCOc1cc(/C=C/c2ccc3cccc(O)c3n2)cc(Cl)c1OC(C)=O. The Balaban J connectivity index is 1.95. The molecule has 0 amide bonds. The van der Waals surface area contributed by atoms with E-state index in [1.165, 1.54) is 6.92 Å². The molecule has 3 rings (SSSR count). The molecule has 0 saturated heterocycles. The summed E-state index contributed by atoms with van der Waals surface area (Å²) in [5, 5.41) is 11.1. The van der Waals surface area contributed by atoms with Gasteiger partial charge in [-0.3, -0.25) is 4.79 Å². The van der Waals surface area contributed by atoms with Crippen LogP contribution < -0.4 is 9.47 Å². The second kappa shape index (κ2) is 8.10. The molecule has 0 atom stereocenters. The van der Waals surface area contributed by atoms with E-state index in [2.05, 4.69) is 4.98 Å². The van der Waals surface area contributed by atoms with Crippen LogP contribution in [0.1, 0.15) is 25.1 Å². The van der Waals surface area contributed by atoms with Crippen molar-refractivity contribution in [3.63, 3.8) is 0 Å². The van der Waals surface area contributed by atoms with Gasteiger partial charge in [0, 0.05) is 12.3 Å². The van der Waals surface area contributed by atoms with Crippen LogP contribution in [0.2, 0.25) is 5.02 Å². The smallest absolute Gasteiger partial charge is 0.308 e. The molecule has 0 unspecified atom stereocenters. The first kappa shape index (κ1) is 18.7. The fraction of sp³-hybridized carbons (Fsp3) is 0.143. The molecular weight excluding hydrogens is 366 g/mol. The van der Waals surface area contributed by atoms with Crippen LogP contribution in [0.3, 0.4) is 0 Å². The number of benzene rings is 2. The molecule has 27 heavy (non-hydrogen) atoms. The molecule has 1 heterocycles. The van der Waals surface area contributed by atoms with Crippen LogP contribution in [0.15, 0.2) is 42.5 Å². The van der Waals surface area contributed by atoms with Crippen LogP contribution in [0.4, 0.5) is 0 Å². The number of rotatable bonds is 5. The number of phenolic OH excluding ortho intramolecular Hbond substituents is 1. The Morgan fingerprint density at radius 1 is 1.22 bits per heavy atom. The van der Waals surface area contributed by atoms with Gasteiger partial charge in [0.2, 0.25) is 0 Å². The van der Waals surface area contributed by atoms with E-state index in [-0.39, 0.29) is 16.5 Å². The summed E-state index contributed by atoms with van der Waals surface area (Å²) in [5.74, 6) is 0.261. The average Bonchev–Trinajstić information content (AvgIpc) is 2.63. The van der Waals surface area contributed by atoms with Gasteiger partial charge in [0.05, 0.1) is 17.3 Å². The average molecular weight is 384 g/mol. The molecule has 138 valence electrons. The number of halogens is 1. The fourth-order valence-electron chi connectivity index (χ4n) is 2.61. The van der Waals surface area contributed by atoms with Crippen molar-refractivity contribution in [3.8, 4) is 17.2 Å². The molecule has 1 N–H and O–H groups in total. The Bertz CT molecular complexity index is 1030. The normalized spacial score (nSPS) is 11.1. The summed E-state index contributed by atoms with van der Waals surface area (Å²) < 4.78 is 10.7. The third kappa shape index (κ3) is 4.38. The summed E-state index contributed by atoms with van der Waals surface area (Å²) in [6, 6.07) is 12.4. The Kier molecular flexibility index (Phi) is 5.62. The monoisotopic (exact) mass is 383 g/mol. The Labute approximate surface area is 161 Å². The summed E-state index contributed by atoms with van der Waals surface area (Å²) in [4.78, 5) is 15.7. The molecule has 0 spiro atoms. The second-order valence-electron chi connectivity index (χ2n) is 5.77. The van der Waals surface area contributed by atoms with Gasteiger partial charge in [0.25, 0.3) is 0 Å². The van der Waals surface area contributed by atoms with E-state index in [1.807, 2.05) is 31.2 Å². The predicted octanol–water partition coefficient (Wildman–Crippen LogP) is 5.09. The van der Waals surface area contributed by atoms with E-state index in [0.717, 1.165) is 10.9 Å². The minimum absolute atomic E-state index is 0.134. The van der Waals surface area contributed by atoms with Gasteiger partial charge in [-0.1, -0.05) is 35.9 Å². The maximum absolute atomic E-state index is 11.3. The van der Waals surface area contributed by atoms with Gasteiger partial charge in [-0.05, 0) is 42.8 Å². The van der Waals surface area contributed by atoms with Crippen molar-refractivity contribution in [1.29, 1.82) is 0 Å². The summed E-state index contributed by atoms with van der Waals surface area (Å²) in [5.41, 5.74) is 1.98. The van der Waals surface area contributed by atoms with Crippen molar-refractivity contribution in [2.24, 2.45) is 0 Å². The number of nitrogens with zero attached hydrogens (tertiary/aromatic N) is 1. The molecule has 6 heteroatoms. The molecule has 0 aliphatic carbocycles. The highest BCUT2D eigenvalue weighted by Gasteiger charge is 2.14. The lowest BCUT2D eigenvalue weighted by atomic mass is 10.1. The van der Waals surface area contributed by atoms with Crippen LogP contribution >= 0.6 is 11.6 Å². The topological polar surface area (TPSA) is 68.7 Å². The Hall–Kier alpha value is -3.05. The quantitative estimate of drug-likeness (QED) is 0.491. The Morgan fingerprint density at radius 3 is 2.78 bits per heavy atom. The molecule has 5 nitrogen and oxygen atoms in total. The second-order valence-corrected chi connectivity index (χ2v) is 6.18. The van der Waals surface area contributed by atoms with Gasteiger partial charge in [-0.2, -0.15) is 0 Å². The zero-order valence-electron chi connectivity index (χ0n) is 14.9. The van der Waals surface area contributed by atoms with Crippen LogP contribution in [-0.2, 0) is 4.79 Å². The van der Waals surface area contributed by atoms with Gasteiger partial charge in [-0.25, -0.2) is 4.98 Å². The van der Waals surface area contributed by atoms with Crippen LogP contribution in [0, 0.1) is 0 Å². The molecule has 0 saturated carbocycles. The largest absolute Gasteiger partial charge is 0.506 e. The summed E-state index contributed by atoms with van der Waals surface area (Å²) in [7, 11) is 0. The minimum Gasteiger partial charge on any atom is -0.506 e. The summed E-state index contributed by atoms with van der Waals surface area (Å²) >= 11 is 6.26. The van der Waals surface area contributed by atoms with Gasteiger partial charge < -0.3 is 14.6 Å². The number of carbonyl (C=O) groups excluding carboxylic acids is 1. The number of carbonyl (C=O) groups is 1. The maximum Gasteiger partial charge on any atom is 0.308 e. The molecule has 3 aromatic rings. The fourth-order valence-corrected chi connectivity index (χ4v) is 2.87. The highest BCUT2D eigenvalue weighted by atomic mass is 35.5. The third-order valence-corrected chi connectivity index (χ3v) is 4.03. The number of pyridine rings is 1. The number of para-hydroxylation sites is 1. The number of hydrogen-bond acceptors (Lipinski definition) is 5. The lowest BCUT2D eigenvalue weighted by molar-refractivity contribution is -0.132. The van der Waals surface area contributed by atoms with Gasteiger partial charge >= 0.3 is 5.97 Å². The molecule has 0 bridgehead atoms. The first-order valence-electron chi connectivity index (χ1n) is 8.39. The molecule has 0 aliphatic rings. The van der Waals surface area contributed by atoms with Crippen molar-refractivity contribution in [1.82, 2.24) is 4.98 Å². The van der Waals surface area contributed by atoms with Crippen LogP contribution in [-0.4, -0.2) is 22.7 Å². The van der Waals surface area contributed by atoms with Crippen molar-refractivity contribution < 1.29 is 19.4 Å². The number of aromatic hydroxyl groups is 1. The number of fused-ring (bicyclic) bond motifs is 1. The molecule has 0 radical (unpaired) electrons. The highest BCUT2D eigenvalue weighted by molar-refractivity contribution is 6.32. The standard InChI is InChI=1S/C21H18ClNO4/c1-3-26-19-12-14(11-17(22)21(19)27-13(2)24)7-9-16-10-8-15-5-4-6-18(25)20(15)23-16/h4-12,25H,3H2,1-2H3/b9-7+. The first-order chi connectivity index (χ1) is 13.0. The number of ether oxygens (including phenoxy) is 2. The van der Waals surface area contributed by atoms with Crippen molar-refractivity contribution in [2.45, 2.75) is 13.8 Å². The van der Waals surface area contributed by atoms with Gasteiger partial charge in [-0.15, -0.1) is 0 Å². The van der Waals surface area contributed by atoms with Crippen molar-refractivity contribution in [2.75, 3.05) is 6.61 Å². The summed E-state index contributed by atoms with van der Waals surface area (Å²) in [6.45, 7) is 3.55. The van der Waals surface area contributed by atoms with E-state index in [9.17, 15) is 9.90 Å². The van der Waals surface area contributed by atoms with Crippen LogP contribution in [0.5, 0.6) is 17.2 Å². The zero-order valence-corrected chi connectivity index (χ0v) is 15.7. The van der Waals surface area contributed by atoms with E-state index in [0.29, 0.717) is 23.6 Å². The van der Waals surface area contributed by atoms with E-state index in [1.54, 1.807) is 30.3 Å².